The van der Waals surface area contributed by atoms with E-state index in [2.05, 4.69) is 84.0 Å². The molecule has 2 aromatic heterocycles. The van der Waals surface area contributed by atoms with Gasteiger partial charge in [-0.2, -0.15) is 0 Å². The zero-order chi connectivity index (χ0) is 24.2. The van der Waals surface area contributed by atoms with Gasteiger partial charge in [-0.25, -0.2) is 0 Å². The number of hydrogen-bond donors (Lipinski definition) is 1. The lowest BCUT2D eigenvalue weighted by Crippen LogP contribution is -1.99. The van der Waals surface area contributed by atoms with E-state index in [1.807, 2.05) is 42.5 Å². The summed E-state index contributed by atoms with van der Waals surface area (Å²) in [6.45, 7) is 3.49. The van der Waals surface area contributed by atoms with E-state index in [9.17, 15) is 0 Å². The SMILES string of the molecule is C=Nc1cocc1C(=N)c1ccc(-c2ccccc2)cc1.Cn1c2ccccc2c2ccccc21. The number of aromatic nitrogens is 1. The van der Waals surface area contributed by atoms with Crippen LogP contribution in [0.5, 0.6) is 0 Å². The molecule has 0 saturated heterocycles. The van der Waals surface area contributed by atoms with Crippen LogP contribution in [-0.4, -0.2) is 17.0 Å². The maximum atomic E-state index is 8.26. The van der Waals surface area contributed by atoms with Crippen molar-refractivity contribution in [2.24, 2.45) is 12.0 Å². The third kappa shape index (κ3) is 4.30. The van der Waals surface area contributed by atoms with Crippen LogP contribution in [0.15, 0.2) is 125 Å². The second-order valence-electron chi connectivity index (χ2n) is 8.24. The van der Waals surface area contributed by atoms with Crippen molar-refractivity contribution >= 4 is 39.9 Å². The molecule has 0 radical (unpaired) electrons. The van der Waals surface area contributed by atoms with E-state index < -0.39 is 0 Å². The summed E-state index contributed by atoms with van der Waals surface area (Å²) in [4.78, 5) is 3.86. The summed E-state index contributed by atoms with van der Waals surface area (Å²) >= 11 is 0. The quantitative estimate of drug-likeness (QED) is 0.269. The lowest BCUT2D eigenvalue weighted by molar-refractivity contribution is 0.567. The van der Waals surface area contributed by atoms with Crippen LogP contribution in [0.25, 0.3) is 32.9 Å². The van der Waals surface area contributed by atoms with Crippen LogP contribution in [-0.2, 0) is 7.05 Å². The van der Waals surface area contributed by atoms with Gasteiger partial charge >= 0.3 is 0 Å². The fourth-order valence-corrected chi connectivity index (χ4v) is 4.33. The first kappa shape index (κ1) is 22.1. The highest BCUT2D eigenvalue weighted by Crippen LogP contribution is 2.27. The van der Waals surface area contributed by atoms with Gasteiger partial charge in [0.1, 0.15) is 18.2 Å². The Hall–Kier alpha value is -4.70. The topological polar surface area (TPSA) is 54.3 Å². The summed E-state index contributed by atoms with van der Waals surface area (Å²) in [6, 6.07) is 35.1. The van der Waals surface area contributed by atoms with E-state index in [0.717, 1.165) is 16.7 Å². The standard InChI is InChI=1S/C18H14N2O.C13H11N/c1-20-17-12-21-11-16(17)18(19)15-9-7-14(8-10-15)13-5-3-2-4-6-13;1-14-12-8-4-2-6-10(12)11-7-3-5-9-13(11)14/h2-12,19H,1H2;2-9H,1H3. The zero-order valence-corrected chi connectivity index (χ0v) is 19.5. The maximum Gasteiger partial charge on any atom is 0.117 e. The molecule has 35 heavy (non-hydrogen) atoms. The number of benzene rings is 4. The molecule has 2 heterocycles. The average molecular weight is 456 g/mol. The lowest BCUT2D eigenvalue weighted by Gasteiger charge is -2.05. The van der Waals surface area contributed by atoms with Crippen LogP contribution in [0, 0.1) is 5.41 Å². The molecular formula is C31H25N3O. The number of para-hydroxylation sites is 2. The van der Waals surface area contributed by atoms with Gasteiger partial charge in [-0.15, -0.1) is 0 Å². The fraction of sp³-hybridized carbons (Fsp3) is 0.0323. The van der Waals surface area contributed by atoms with Gasteiger partial charge in [0.25, 0.3) is 0 Å². The van der Waals surface area contributed by atoms with Crippen molar-refractivity contribution in [3.63, 3.8) is 0 Å². The van der Waals surface area contributed by atoms with Crippen LogP contribution in [0.1, 0.15) is 11.1 Å². The highest BCUT2D eigenvalue weighted by atomic mass is 16.3. The molecule has 0 spiro atoms. The van der Waals surface area contributed by atoms with Gasteiger partial charge < -0.3 is 8.98 Å². The minimum Gasteiger partial charge on any atom is -0.470 e. The van der Waals surface area contributed by atoms with Crippen molar-refractivity contribution < 1.29 is 4.42 Å². The molecule has 0 fully saturated rings. The summed E-state index contributed by atoms with van der Waals surface area (Å²) in [6.07, 6.45) is 3.02. The van der Waals surface area contributed by atoms with E-state index in [0.29, 0.717) is 17.0 Å². The van der Waals surface area contributed by atoms with Crippen molar-refractivity contribution in [3.8, 4) is 11.1 Å². The molecule has 6 rings (SSSR count). The van der Waals surface area contributed by atoms with Crippen molar-refractivity contribution in [1.29, 1.82) is 5.41 Å². The molecule has 4 heteroatoms. The van der Waals surface area contributed by atoms with Crippen LogP contribution in [0.2, 0.25) is 0 Å². The Kier molecular flexibility index (Phi) is 6.10. The van der Waals surface area contributed by atoms with Gasteiger partial charge in [0.2, 0.25) is 0 Å². The molecule has 0 aliphatic rings. The average Bonchev–Trinajstić information content (AvgIpc) is 3.53. The van der Waals surface area contributed by atoms with Crippen LogP contribution in [0.3, 0.4) is 0 Å². The van der Waals surface area contributed by atoms with Crippen molar-refractivity contribution in [3.05, 3.63) is 127 Å². The van der Waals surface area contributed by atoms with Crippen molar-refractivity contribution in [2.45, 2.75) is 0 Å². The van der Waals surface area contributed by atoms with Gasteiger partial charge in [0.15, 0.2) is 0 Å². The first-order valence-corrected chi connectivity index (χ1v) is 11.4. The van der Waals surface area contributed by atoms with E-state index in [-0.39, 0.29) is 0 Å². The molecular weight excluding hydrogens is 430 g/mol. The molecule has 0 aliphatic heterocycles. The van der Waals surface area contributed by atoms with Gasteiger partial charge in [-0.3, -0.25) is 10.4 Å². The Morgan fingerprint density at radius 2 is 1.26 bits per heavy atom. The molecule has 4 nitrogen and oxygen atoms in total. The molecule has 4 aromatic carbocycles. The number of aryl methyl sites for hydroxylation is 1. The van der Waals surface area contributed by atoms with Crippen molar-refractivity contribution in [2.75, 3.05) is 0 Å². The molecule has 170 valence electrons. The van der Waals surface area contributed by atoms with Gasteiger partial charge in [-0.1, -0.05) is 91.0 Å². The number of nitrogens with zero attached hydrogens (tertiary/aromatic N) is 2. The fourth-order valence-electron chi connectivity index (χ4n) is 4.33. The molecule has 0 aliphatic carbocycles. The van der Waals surface area contributed by atoms with Gasteiger partial charge in [-0.05, 0) is 30.0 Å². The lowest BCUT2D eigenvalue weighted by atomic mass is 10.00. The second kappa shape index (κ2) is 9.65. The number of furan rings is 1. The molecule has 6 aromatic rings. The first-order chi connectivity index (χ1) is 17.2. The Balaban J connectivity index is 0.000000156. The Morgan fingerprint density at radius 3 is 1.86 bits per heavy atom. The molecule has 0 unspecified atom stereocenters. The van der Waals surface area contributed by atoms with Gasteiger partial charge in [0.05, 0.1) is 11.3 Å². The largest absolute Gasteiger partial charge is 0.470 e. The third-order valence-electron chi connectivity index (χ3n) is 6.18. The zero-order valence-electron chi connectivity index (χ0n) is 19.5. The Bertz CT molecular complexity index is 1570. The molecule has 0 bridgehead atoms. The maximum absolute atomic E-state index is 8.26. The predicted molar refractivity (Wildman–Crippen MR) is 146 cm³/mol. The van der Waals surface area contributed by atoms with Gasteiger partial charge in [0, 0.05) is 34.4 Å². The van der Waals surface area contributed by atoms with E-state index >= 15 is 0 Å². The molecule has 0 saturated carbocycles. The minimum absolute atomic E-state index is 0.380. The molecule has 0 atom stereocenters. The van der Waals surface area contributed by atoms with Crippen LogP contribution >= 0.6 is 0 Å². The number of hydrogen-bond acceptors (Lipinski definition) is 3. The molecule has 1 N–H and O–H groups in total. The van der Waals surface area contributed by atoms with E-state index in [1.165, 1.54) is 34.3 Å². The number of fused-ring (bicyclic) bond motifs is 3. The predicted octanol–water partition coefficient (Wildman–Crippen LogP) is 8.03. The summed E-state index contributed by atoms with van der Waals surface area (Å²) in [7, 11) is 2.12. The van der Waals surface area contributed by atoms with Crippen LogP contribution < -0.4 is 0 Å². The summed E-state index contributed by atoms with van der Waals surface area (Å²) in [5.41, 5.74) is 7.33. The Morgan fingerprint density at radius 1 is 0.714 bits per heavy atom. The van der Waals surface area contributed by atoms with Crippen molar-refractivity contribution in [1.82, 2.24) is 4.57 Å². The number of rotatable bonds is 4. The normalized spacial score (nSPS) is 10.7. The summed E-state index contributed by atoms with van der Waals surface area (Å²) < 4.78 is 7.34. The first-order valence-electron chi connectivity index (χ1n) is 11.4. The number of nitrogens with one attached hydrogen (secondary N) is 1. The number of aliphatic imine (C=N–C) groups is 1. The smallest absolute Gasteiger partial charge is 0.117 e. The summed E-state index contributed by atoms with van der Waals surface area (Å²) in [5.74, 6) is 0. The third-order valence-corrected chi connectivity index (χ3v) is 6.18. The van der Waals surface area contributed by atoms with E-state index in [1.54, 1.807) is 0 Å². The minimum atomic E-state index is 0.380. The summed E-state index contributed by atoms with van der Waals surface area (Å²) in [5, 5.41) is 10.9. The second-order valence-corrected chi connectivity index (χ2v) is 8.24. The highest BCUT2D eigenvalue weighted by molar-refractivity contribution is 6.13. The van der Waals surface area contributed by atoms with Crippen LogP contribution in [0.4, 0.5) is 5.69 Å². The Labute approximate surface area is 204 Å². The molecule has 0 amide bonds. The monoisotopic (exact) mass is 455 g/mol. The highest BCUT2D eigenvalue weighted by Gasteiger charge is 2.12. The van der Waals surface area contributed by atoms with E-state index in [4.69, 9.17) is 9.83 Å².